The third kappa shape index (κ3) is 5.02. The summed E-state index contributed by atoms with van der Waals surface area (Å²) in [5, 5.41) is 2.13. The molecule has 0 saturated heterocycles. The molecule has 0 amide bonds. The number of anilines is 3. The van der Waals surface area contributed by atoms with Crippen molar-refractivity contribution in [1.82, 2.24) is 0 Å². The van der Waals surface area contributed by atoms with Gasteiger partial charge in [-0.15, -0.1) is 0 Å². The van der Waals surface area contributed by atoms with E-state index < -0.39 is 54.4 Å². The number of rotatable bonds is 6. The van der Waals surface area contributed by atoms with E-state index >= 15 is 0 Å². The Hall–Kier alpha value is -6.18. The molecule has 0 fully saturated rings. The van der Waals surface area contributed by atoms with Crippen LogP contribution in [0, 0.1) is 0 Å². The number of benzene rings is 8. The van der Waals surface area contributed by atoms with Crippen molar-refractivity contribution in [3.63, 3.8) is 0 Å². The van der Waals surface area contributed by atoms with E-state index in [4.69, 9.17) is 6.85 Å². The normalized spacial score (nSPS) is 15.3. The minimum atomic E-state index is -0.620. The second-order valence-electron chi connectivity index (χ2n) is 13.1. The highest BCUT2D eigenvalue weighted by Crippen LogP contribution is 2.52. The van der Waals surface area contributed by atoms with Crippen LogP contribution >= 0.6 is 0 Å². The first-order valence-corrected chi connectivity index (χ1v) is 16.7. The van der Waals surface area contributed by atoms with E-state index in [2.05, 4.69) is 74.5 Å². The van der Waals surface area contributed by atoms with Crippen LogP contribution in [0.4, 0.5) is 17.1 Å². The van der Waals surface area contributed by atoms with Crippen LogP contribution in [0.15, 0.2) is 188 Å². The lowest BCUT2D eigenvalue weighted by Crippen LogP contribution is -2.16. The second-order valence-corrected chi connectivity index (χ2v) is 13.1. The van der Waals surface area contributed by atoms with Crippen LogP contribution in [0.1, 0.15) is 37.3 Å². The van der Waals surface area contributed by atoms with E-state index in [9.17, 15) is 5.48 Å². The van der Waals surface area contributed by atoms with Gasteiger partial charge in [-0.25, -0.2) is 0 Å². The molecule has 0 spiro atoms. The molecular weight excluding hydrogens is 603 g/mol. The maximum atomic E-state index is 9.45. The van der Waals surface area contributed by atoms with Gasteiger partial charge in [-0.2, -0.15) is 0 Å². The predicted molar refractivity (Wildman–Crippen MR) is 213 cm³/mol. The standard InChI is InChI=1S/C49H37N/c1-49(2)47-24-9-8-20-45(47)46-23-12-22-44(48(46)49)37-27-31-40(32-28-37)50(39-29-25-35(26-30-39)34-13-4-3-5-14-34)41-18-10-17-38(33-41)43-21-11-16-36-15-6-7-19-42(36)43/h3-33H,1-2H3/i3D,4D,5D,13D,14D,25D,26D,29D,30D. The molecule has 50 heavy (non-hydrogen) atoms. The average Bonchev–Trinajstić information content (AvgIpc) is 3.50. The molecule has 0 saturated carbocycles. The van der Waals surface area contributed by atoms with Gasteiger partial charge >= 0.3 is 0 Å². The van der Waals surface area contributed by atoms with Crippen molar-refractivity contribution >= 4 is 27.8 Å². The molecule has 238 valence electrons. The Morgan fingerprint density at radius 2 is 1.08 bits per heavy atom. The molecule has 0 aromatic heterocycles. The van der Waals surface area contributed by atoms with Gasteiger partial charge in [0.15, 0.2) is 0 Å². The first kappa shape index (κ1) is 21.7. The quantitative estimate of drug-likeness (QED) is 0.173. The van der Waals surface area contributed by atoms with Crippen molar-refractivity contribution in [3.8, 4) is 44.5 Å². The molecule has 8 aromatic carbocycles. The molecule has 0 unspecified atom stereocenters. The Labute approximate surface area is 307 Å². The topological polar surface area (TPSA) is 3.24 Å². The highest BCUT2D eigenvalue weighted by Gasteiger charge is 2.37. The van der Waals surface area contributed by atoms with Crippen molar-refractivity contribution in [3.05, 3.63) is 199 Å². The van der Waals surface area contributed by atoms with E-state index in [0.29, 0.717) is 11.4 Å². The highest BCUT2D eigenvalue weighted by molar-refractivity contribution is 5.97. The van der Waals surface area contributed by atoms with Crippen LogP contribution in [0.25, 0.3) is 55.3 Å². The highest BCUT2D eigenvalue weighted by atomic mass is 15.1. The zero-order chi connectivity index (χ0) is 41.5. The molecule has 8 aromatic rings. The van der Waals surface area contributed by atoms with Crippen LogP contribution in [0.5, 0.6) is 0 Å². The van der Waals surface area contributed by atoms with E-state index in [0.717, 1.165) is 33.0 Å². The lowest BCUT2D eigenvalue weighted by molar-refractivity contribution is 0.662. The van der Waals surface area contributed by atoms with Gasteiger partial charge in [-0.1, -0.05) is 165 Å². The Morgan fingerprint density at radius 1 is 0.440 bits per heavy atom. The summed E-state index contributed by atoms with van der Waals surface area (Å²) in [6, 6.07) is 39.8. The van der Waals surface area contributed by atoms with Crippen molar-refractivity contribution in [2.45, 2.75) is 19.3 Å². The van der Waals surface area contributed by atoms with Crippen LogP contribution in [0.2, 0.25) is 0 Å². The van der Waals surface area contributed by atoms with Gasteiger partial charge in [-0.05, 0) is 103 Å². The zero-order valence-electron chi connectivity index (χ0n) is 36.6. The molecule has 0 bridgehead atoms. The van der Waals surface area contributed by atoms with E-state index in [1.807, 2.05) is 72.8 Å². The van der Waals surface area contributed by atoms with Gasteiger partial charge < -0.3 is 4.90 Å². The maximum absolute atomic E-state index is 9.45. The van der Waals surface area contributed by atoms with Gasteiger partial charge in [-0.3, -0.25) is 0 Å². The molecule has 1 aliphatic carbocycles. The number of hydrogen-bond donors (Lipinski definition) is 0. The Balaban J connectivity index is 1.25. The zero-order valence-corrected chi connectivity index (χ0v) is 27.6. The summed E-state index contributed by atoms with van der Waals surface area (Å²) in [4.78, 5) is 1.71. The first-order valence-electron chi connectivity index (χ1n) is 21.2. The fourth-order valence-electron chi connectivity index (χ4n) is 7.49. The van der Waals surface area contributed by atoms with Gasteiger partial charge in [0.2, 0.25) is 0 Å². The molecule has 1 nitrogen and oxygen atoms in total. The molecule has 1 heteroatoms. The Bertz CT molecular complexity index is 2960. The first-order chi connectivity index (χ1) is 28.3. The molecule has 0 aliphatic heterocycles. The van der Waals surface area contributed by atoms with Crippen molar-refractivity contribution in [1.29, 1.82) is 0 Å². The van der Waals surface area contributed by atoms with Gasteiger partial charge in [0, 0.05) is 22.5 Å². The van der Waals surface area contributed by atoms with E-state index in [1.165, 1.54) is 22.3 Å². The van der Waals surface area contributed by atoms with Crippen LogP contribution in [-0.2, 0) is 5.41 Å². The average molecular weight is 649 g/mol. The number of fused-ring (bicyclic) bond motifs is 4. The molecule has 0 atom stereocenters. The van der Waals surface area contributed by atoms with Crippen molar-refractivity contribution in [2.24, 2.45) is 0 Å². The molecule has 0 heterocycles. The fourth-order valence-corrected chi connectivity index (χ4v) is 7.49. The summed E-state index contributed by atoms with van der Waals surface area (Å²) in [5.41, 5.74) is 8.99. The molecule has 9 rings (SSSR count). The third-order valence-corrected chi connectivity index (χ3v) is 9.81. The largest absolute Gasteiger partial charge is 0.310 e. The SMILES string of the molecule is [2H]c1c([2H])c([2H])c(-c2c([2H])c([2H])c(N(c3ccc(-c4cccc5c4C(C)(C)c4ccccc4-5)cc3)c3cccc(-c4cccc5ccccc45)c3)c([2H])c2[2H])c([2H])c1[2H]. The molecule has 1 aliphatic rings. The van der Waals surface area contributed by atoms with E-state index in [1.54, 1.807) is 4.90 Å². The van der Waals surface area contributed by atoms with Gasteiger partial charge in [0.25, 0.3) is 0 Å². The monoisotopic (exact) mass is 648 g/mol. The summed E-state index contributed by atoms with van der Waals surface area (Å²) in [6.45, 7) is 4.49. The van der Waals surface area contributed by atoms with Gasteiger partial charge in [0.05, 0.1) is 12.3 Å². The summed E-state index contributed by atoms with van der Waals surface area (Å²) in [6.07, 6.45) is 0. The molecular formula is C49H37N. The van der Waals surface area contributed by atoms with Gasteiger partial charge in [0.1, 0.15) is 0 Å². The lowest BCUT2D eigenvalue weighted by atomic mass is 9.79. The Kier molecular flexibility index (Phi) is 5.24. The molecule has 0 N–H and O–H groups in total. The lowest BCUT2D eigenvalue weighted by Gasteiger charge is -2.27. The fraction of sp³-hybridized carbons (Fsp3) is 0.0612. The second kappa shape index (κ2) is 12.1. The molecule has 0 radical (unpaired) electrons. The van der Waals surface area contributed by atoms with Crippen LogP contribution in [0.3, 0.4) is 0 Å². The number of hydrogen-bond acceptors (Lipinski definition) is 1. The van der Waals surface area contributed by atoms with Crippen LogP contribution in [-0.4, -0.2) is 0 Å². The summed E-state index contributed by atoms with van der Waals surface area (Å²) >= 11 is 0. The maximum Gasteiger partial charge on any atom is 0.0645 e. The van der Waals surface area contributed by atoms with Crippen LogP contribution < -0.4 is 4.90 Å². The minimum absolute atomic E-state index is 0.0453. The van der Waals surface area contributed by atoms with Crippen molar-refractivity contribution in [2.75, 3.05) is 4.90 Å². The smallest absolute Gasteiger partial charge is 0.0645 e. The Morgan fingerprint density at radius 3 is 1.92 bits per heavy atom. The summed E-state index contributed by atoms with van der Waals surface area (Å²) in [7, 11) is 0. The predicted octanol–water partition coefficient (Wildman–Crippen LogP) is 13.6. The number of nitrogens with zero attached hydrogens (tertiary/aromatic N) is 1. The summed E-state index contributed by atoms with van der Waals surface area (Å²) < 4.78 is 79.2. The van der Waals surface area contributed by atoms with Crippen molar-refractivity contribution < 1.29 is 12.3 Å². The van der Waals surface area contributed by atoms with E-state index in [-0.39, 0.29) is 22.2 Å². The third-order valence-electron chi connectivity index (χ3n) is 9.81. The summed E-state index contributed by atoms with van der Waals surface area (Å²) in [5.74, 6) is 0. The minimum Gasteiger partial charge on any atom is -0.310 e.